The van der Waals surface area contributed by atoms with E-state index in [1.54, 1.807) is 41.4 Å². The normalized spacial score (nSPS) is 15.4. The van der Waals surface area contributed by atoms with Crippen molar-refractivity contribution in [2.24, 2.45) is 0 Å². The lowest BCUT2D eigenvalue weighted by atomic mass is 10.1. The van der Waals surface area contributed by atoms with Crippen LogP contribution in [0.15, 0.2) is 42.6 Å². The van der Waals surface area contributed by atoms with Crippen molar-refractivity contribution >= 4 is 17.7 Å². The number of amides is 1. The molecule has 0 aliphatic carbocycles. The van der Waals surface area contributed by atoms with E-state index in [1.165, 1.54) is 4.52 Å². The van der Waals surface area contributed by atoms with Gasteiger partial charge in [0, 0.05) is 30.5 Å². The fourth-order valence-corrected chi connectivity index (χ4v) is 2.99. The number of carbonyl (C=O) groups excluding carboxylic acids is 2. The molecule has 2 aromatic heterocycles. The van der Waals surface area contributed by atoms with Crippen LogP contribution in [0.2, 0.25) is 0 Å². The second-order valence-corrected chi connectivity index (χ2v) is 6.37. The van der Waals surface area contributed by atoms with E-state index in [4.69, 9.17) is 9.47 Å². The Morgan fingerprint density at radius 3 is 2.61 bits per heavy atom. The van der Waals surface area contributed by atoms with Gasteiger partial charge in [0.1, 0.15) is 0 Å². The van der Waals surface area contributed by atoms with Gasteiger partial charge in [0.05, 0.1) is 13.2 Å². The van der Waals surface area contributed by atoms with Gasteiger partial charge < -0.3 is 14.4 Å². The maximum Gasteiger partial charge on any atom is 0.379 e. The molecular formula is C19H19N5O4. The topological polar surface area (TPSA) is 98.9 Å². The maximum atomic E-state index is 13.0. The van der Waals surface area contributed by atoms with E-state index in [9.17, 15) is 9.59 Å². The third-order valence-corrected chi connectivity index (χ3v) is 4.49. The number of ether oxygens (including phenoxy) is 2. The van der Waals surface area contributed by atoms with Crippen molar-refractivity contribution in [3.05, 3.63) is 59.7 Å². The van der Waals surface area contributed by atoms with Gasteiger partial charge in [-0.2, -0.15) is 4.98 Å². The van der Waals surface area contributed by atoms with Crippen LogP contribution in [-0.2, 0) is 14.3 Å². The number of carbonyl (C=O) groups is 2. The average Bonchev–Trinajstić information content (AvgIpc) is 3.19. The Morgan fingerprint density at radius 2 is 1.89 bits per heavy atom. The van der Waals surface area contributed by atoms with Crippen LogP contribution in [0.1, 0.15) is 28.0 Å². The van der Waals surface area contributed by atoms with Gasteiger partial charge in [-0.1, -0.05) is 30.3 Å². The van der Waals surface area contributed by atoms with Crippen LogP contribution < -0.4 is 0 Å². The molecule has 1 amide bonds. The molecule has 0 saturated carbocycles. The van der Waals surface area contributed by atoms with Gasteiger partial charge in [0.15, 0.2) is 0 Å². The molecule has 3 aromatic rings. The lowest BCUT2D eigenvalue weighted by molar-refractivity contribution is -0.145. The van der Waals surface area contributed by atoms with Crippen molar-refractivity contribution in [2.45, 2.75) is 13.0 Å². The minimum Gasteiger partial charge on any atom is -0.441 e. The maximum absolute atomic E-state index is 13.0. The number of aryl methyl sites for hydroxylation is 1. The molecule has 1 saturated heterocycles. The molecule has 1 aliphatic rings. The zero-order valence-corrected chi connectivity index (χ0v) is 15.3. The summed E-state index contributed by atoms with van der Waals surface area (Å²) in [5, 5.41) is 4.15. The van der Waals surface area contributed by atoms with Crippen molar-refractivity contribution in [1.29, 1.82) is 0 Å². The van der Waals surface area contributed by atoms with Crippen LogP contribution in [-0.4, -0.2) is 62.7 Å². The highest BCUT2D eigenvalue weighted by Gasteiger charge is 2.32. The highest BCUT2D eigenvalue weighted by molar-refractivity contribution is 5.90. The highest BCUT2D eigenvalue weighted by Crippen LogP contribution is 2.22. The summed E-state index contributed by atoms with van der Waals surface area (Å²) >= 11 is 0. The molecule has 9 heteroatoms. The Morgan fingerprint density at radius 1 is 1.14 bits per heavy atom. The van der Waals surface area contributed by atoms with Crippen LogP contribution in [0.4, 0.5) is 0 Å². The monoisotopic (exact) mass is 381 g/mol. The molecule has 1 fully saturated rings. The fourth-order valence-electron chi connectivity index (χ4n) is 2.99. The van der Waals surface area contributed by atoms with Crippen molar-refractivity contribution in [2.75, 3.05) is 26.3 Å². The molecule has 3 heterocycles. The summed E-state index contributed by atoms with van der Waals surface area (Å²) in [4.78, 5) is 35.6. The smallest absolute Gasteiger partial charge is 0.379 e. The lowest BCUT2D eigenvalue weighted by Gasteiger charge is -2.30. The number of benzene rings is 1. The molecule has 28 heavy (non-hydrogen) atoms. The number of hydrogen-bond acceptors (Lipinski definition) is 7. The van der Waals surface area contributed by atoms with Crippen LogP contribution >= 0.6 is 0 Å². The molecule has 144 valence electrons. The SMILES string of the molecule is Cc1ccnc2nc(C(=O)O[C@H](C(=O)N3CCOCC3)c3ccccc3)nn12. The number of esters is 1. The second-order valence-electron chi connectivity index (χ2n) is 6.37. The van der Waals surface area contributed by atoms with Crippen molar-refractivity contribution in [3.8, 4) is 0 Å². The van der Waals surface area contributed by atoms with E-state index >= 15 is 0 Å². The average molecular weight is 381 g/mol. The number of rotatable bonds is 4. The predicted molar refractivity (Wildman–Crippen MR) is 97.5 cm³/mol. The largest absolute Gasteiger partial charge is 0.441 e. The van der Waals surface area contributed by atoms with E-state index in [1.807, 2.05) is 13.0 Å². The molecule has 1 aromatic carbocycles. The first-order chi connectivity index (χ1) is 13.6. The van der Waals surface area contributed by atoms with Gasteiger partial charge >= 0.3 is 5.97 Å². The van der Waals surface area contributed by atoms with E-state index in [-0.39, 0.29) is 11.7 Å². The van der Waals surface area contributed by atoms with Crippen LogP contribution in [0, 0.1) is 6.92 Å². The Hall–Kier alpha value is -3.33. The Balaban J connectivity index is 1.61. The molecule has 4 rings (SSSR count). The van der Waals surface area contributed by atoms with Crippen LogP contribution in [0.5, 0.6) is 0 Å². The third-order valence-electron chi connectivity index (χ3n) is 4.49. The Kier molecular flexibility index (Phi) is 4.98. The van der Waals surface area contributed by atoms with E-state index in [2.05, 4.69) is 15.1 Å². The second kappa shape index (κ2) is 7.73. The number of nitrogens with zero attached hydrogens (tertiary/aromatic N) is 5. The standard InChI is InChI=1S/C19H19N5O4/c1-13-7-8-20-19-21-16(22-24(13)19)18(26)28-15(14-5-3-2-4-6-14)17(25)23-9-11-27-12-10-23/h2-8,15H,9-12H2,1H3/t15-/m0/s1. The summed E-state index contributed by atoms with van der Waals surface area (Å²) in [6.07, 6.45) is 0.510. The zero-order chi connectivity index (χ0) is 19.5. The van der Waals surface area contributed by atoms with E-state index in [0.717, 1.165) is 5.69 Å². The summed E-state index contributed by atoms with van der Waals surface area (Å²) in [7, 11) is 0. The first-order valence-electron chi connectivity index (χ1n) is 8.94. The molecule has 0 radical (unpaired) electrons. The van der Waals surface area contributed by atoms with E-state index < -0.39 is 12.1 Å². The van der Waals surface area contributed by atoms with Gasteiger partial charge in [-0.3, -0.25) is 4.79 Å². The predicted octanol–water partition coefficient (Wildman–Crippen LogP) is 1.19. The van der Waals surface area contributed by atoms with Gasteiger partial charge in [-0.15, -0.1) is 5.10 Å². The number of fused-ring (bicyclic) bond motifs is 1. The summed E-state index contributed by atoms with van der Waals surface area (Å²) < 4.78 is 12.3. The molecule has 1 aliphatic heterocycles. The van der Waals surface area contributed by atoms with Crippen molar-refractivity contribution in [1.82, 2.24) is 24.5 Å². The third kappa shape index (κ3) is 3.56. The summed E-state index contributed by atoms with van der Waals surface area (Å²) in [5.41, 5.74) is 1.37. The quantitative estimate of drug-likeness (QED) is 0.626. The van der Waals surface area contributed by atoms with Gasteiger partial charge in [0.2, 0.25) is 6.10 Å². The van der Waals surface area contributed by atoms with Gasteiger partial charge in [-0.05, 0) is 13.0 Å². The first kappa shape index (κ1) is 18.1. The minimum absolute atomic E-state index is 0.141. The zero-order valence-electron chi connectivity index (χ0n) is 15.3. The van der Waals surface area contributed by atoms with Crippen molar-refractivity contribution in [3.63, 3.8) is 0 Å². The van der Waals surface area contributed by atoms with Crippen LogP contribution in [0.25, 0.3) is 5.78 Å². The Bertz CT molecular complexity index is 998. The summed E-state index contributed by atoms with van der Waals surface area (Å²) in [6.45, 7) is 3.65. The number of morpholine rings is 1. The van der Waals surface area contributed by atoms with Crippen LogP contribution in [0.3, 0.4) is 0 Å². The van der Waals surface area contributed by atoms with Gasteiger partial charge in [0.25, 0.3) is 17.5 Å². The highest BCUT2D eigenvalue weighted by atomic mass is 16.5. The van der Waals surface area contributed by atoms with E-state index in [0.29, 0.717) is 37.6 Å². The molecule has 0 N–H and O–H groups in total. The fraction of sp³-hybridized carbons (Fsp3) is 0.316. The molecule has 1 atom stereocenters. The van der Waals surface area contributed by atoms with Gasteiger partial charge in [-0.25, -0.2) is 14.3 Å². The first-order valence-corrected chi connectivity index (χ1v) is 8.94. The molecule has 0 spiro atoms. The minimum atomic E-state index is -1.08. The molecular weight excluding hydrogens is 362 g/mol. The number of aromatic nitrogens is 4. The van der Waals surface area contributed by atoms with Crippen molar-refractivity contribution < 1.29 is 19.1 Å². The molecule has 9 nitrogen and oxygen atoms in total. The number of hydrogen-bond donors (Lipinski definition) is 0. The summed E-state index contributed by atoms with van der Waals surface area (Å²) in [5.74, 6) is -0.915. The molecule has 0 unspecified atom stereocenters. The lowest BCUT2D eigenvalue weighted by Crippen LogP contribution is -2.44. The summed E-state index contributed by atoms with van der Waals surface area (Å²) in [6, 6.07) is 10.7. The molecule has 0 bridgehead atoms. The Labute approximate surface area is 160 Å².